The van der Waals surface area contributed by atoms with Crippen molar-refractivity contribution in [1.29, 1.82) is 0 Å². The molecule has 2 unspecified atom stereocenters. The summed E-state index contributed by atoms with van der Waals surface area (Å²) in [6.45, 7) is 2.85. The van der Waals surface area contributed by atoms with Crippen molar-refractivity contribution in [3.8, 4) is 0 Å². The molecule has 110 valence electrons. The molecule has 0 bridgehead atoms. The van der Waals surface area contributed by atoms with Crippen molar-refractivity contribution in [2.75, 3.05) is 12.8 Å². The van der Waals surface area contributed by atoms with Crippen LogP contribution in [-0.2, 0) is 11.3 Å². The second-order valence-corrected chi connectivity index (χ2v) is 5.46. The van der Waals surface area contributed by atoms with Gasteiger partial charge in [0, 0.05) is 18.4 Å². The maximum atomic E-state index is 11.6. The van der Waals surface area contributed by atoms with Gasteiger partial charge < -0.3 is 10.5 Å². The van der Waals surface area contributed by atoms with E-state index in [0.29, 0.717) is 17.4 Å². The maximum absolute atomic E-state index is 11.6. The van der Waals surface area contributed by atoms with Gasteiger partial charge in [-0.2, -0.15) is 4.98 Å². The van der Waals surface area contributed by atoms with E-state index < -0.39 is 0 Å². The second-order valence-electron chi connectivity index (χ2n) is 5.46. The van der Waals surface area contributed by atoms with Crippen LogP contribution in [0.2, 0.25) is 0 Å². The fourth-order valence-corrected chi connectivity index (χ4v) is 2.97. The van der Waals surface area contributed by atoms with Gasteiger partial charge in [-0.15, -0.1) is 5.10 Å². The first kappa shape index (κ1) is 13.6. The van der Waals surface area contributed by atoms with Gasteiger partial charge in [-0.3, -0.25) is 0 Å². The highest BCUT2D eigenvalue weighted by Crippen LogP contribution is 2.35. The zero-order chi connectivity index (χ0) is 15.0. The number of esters is 1. The van der Waals surface area contributed by atoms with Crippen molar-refractivity contribution in [3.63, 3.8) is 0 Å². The van der Waals surface area contributed by atoms with Crippen LogP contribution in [0.1, 0.15) is 46.9 Å². The minimum Gasteiger partial charge on any atom is -0.465 e. The smallest absolute Gasteiger partial charge is 0.337 e. The van der Waals surface area contributed by atoms with E-state index in [9.17, 15) is 4.79 Å². The molecule has 6 nitrogen and oxygen atoms in total. The Kier molecular flexibility index (Phi) is 3.37. The van der Waals surface area contributed by atoms with E-state index in [1.54, 1.807) is 6.07 Å². The molecule has 2 N–H and O–H groups in total. The molecule has 0 fully saturated rings. The van der Waals surface area contributed by atoms with Crippen molar-refractivity contribution in [3.05, 3.63) is 41.2 Å². The highest BCUT2D eigenvalue weighted by molar-refractivity contribution is 5.89. The molecule has 1 aliphatic heterocycles. The Morgan fingerprint density at radius 3 is 3.05 bits per heavy atom. The third-order valence-electron chi connectivity index (χ3n) is 3.97. The SMILES string of the molecule is COC(=O)c1cccc(C2CC(C)c3nc(N)nn3C2)c1. The van der Waals surface area contributed by atoms with Crippen LogP contribution in [0.15, 0.2) is 24.3 Å². The number of hydrogen-bond donors (Lipinski definition) is 1. The Morgan fingerprint density at radius 1 is 1.48 bits per heavy atom. The molecule has 3 rings (SSSR count). The number of nitrogens with two attached hydrogens (primary N) is 1. The van der Waals surface area contributed by atoms with Gasteiger partial charge in [-0.25, -0.2) is 9.48 Å². The fraction of sp³-hybridized carbons (Fsp3) is 0.400. The third-order valence-corrected chi connectivity index (χ3v) is 3.97. The number of carbonyl (C=O) groups is 1. The average Bonchev–Trinajstić information content (AvgIpc) is 2.87. The zero-order valence-corrected chi connectivity index (χ0v) is 12.1. The maximum Gasteiger partial charge on any atom is 0.337 e. The van der Waals surface area contributed by atoms with Crippen LogP contribution in [0.25, 0.3) is 0 Å². The largest absolute Gasteiger partial charge is 0.465 e. The van der Waals surface area contributed by atoms with Crippen LogP contribution >= 0.6 is 0 Å². The molecule has 0 radical (unpaired) electrons. The Balaban J connectivity index is 1.90. The summed E-state index contributed by atoms with van der Waals surface area (Å²) in [5.74, 6) is 1.52. The standard InChI is InChI=1S/C15H18N4O2/c1-9-6-12(8-19-13(9)17-15(16)18-19)10-4-3-5-11(7-10)14(20)21-2/h3-5,7,9,12H,6,8H2,1-2H3,(H2,16,18). The van der Waals surface area contributed by atoms with E-state index in [2.05, 4.69) is 17.0 Å². The lowest BCUT2D eigenvalue weighted by atomic mass is 9.86. The van der Waals surface area contributed by atoms with Crippen LogP contribution in [0.4, 0.5) is 5.95 Å². The van der Waals surface area contributed by atoms with Gasteiger partial charge in [0.25, 0.3) is 0 Å². The second kappa shape index (κ2) is 5.20. The van der Waals surface area contributed by atoms with Crippen LogP contribution in [0.3, 0.4) is 0 Å². The molecule has 2 aromatic rings. The number of anilines is 1. The first-order valence-electron chi connectivity index (χ1n) is 6.97. The molecule has 0 aliphatic carbocycles. The highest BCUT2D eigenvalue weighted by Gasteiger charge is 2.28. The minimum atomic E-state index is -0.314. The minimum absolute atomic E-state index is 0.287. The highest BCUT2D eigenvalue weighted by atomic mass is 16.5. The molecule has 2 atom stereocenters. The zero-order valence-electron chi connectivity index (χ0n) is 12.1. The van der Waals surface area contributed by atoms with Crippen molar-refractivity contribution in [2.24, 2.45) is 0 Å². The predicted octanol–water partition coefficient (Wildman–Crippen LogP) is 1.94. The predicted molar refractivity (Wildman–Crippen MR) is 78.0 cm³/mol. The van der Waals surface area contributed by atoms with Crippen LogP contribution in [0.5, 0.6) is 0 Å². The van der Waals surface area contributed by atoms with E-state index in [4.69, 9.17) is 10.5 Å². The van der Waals surface area contributed by atoms with E-state index in [-0.39, 0.29) is 11.9 Å². The average molecular weight is 286 g/mol. The molecule has 0 amide bonds. The van der Waals surface area contributed by atoms with Gasteiger partial charge >= 0.3 is 5.97 Å². The van der Waals surface area contributed by atoms with Crippen molar-refractivity contribution in [1.82, 2.24) is 14.8 Å². The lowest BCUT2D eigenvalue weighted by Crippen LogP contribution is -2.22. The number of rotatable bonds is 2. The summed E-state index contributed by atoms with van der Waals surface area (Å²) >= 11 is 0. The number of benzene rings is 1. The topological polar surface area (TPSA) is 83.0 Å². The monoisotopic (exact) mass is 286 g/mol. The lowest BCUT2D eigenvalue weighted by Gasteiger charge is -2.27. The van der Waals surface area contributed by atoms with Crippen LogP contribution < -0.4 is 5.73 Å². The molecule has 6 heteroatoms. The van der Waals surface area contributed by atoms with Gasteiger partial charge in [0.1, 0.15) is 5.82 Å². The third kappa shape index (κ3) is 2.49. The number of fused-ring (bicyclic) bond motifs is 1. The fourth-order valence-electron chi connectivity index (χ4n) is 2.97. The number of nitrogens with zero attached hydrogens (tertiary/aromatic N) is 3. The van der Waals surface area contributed by atoms with E-state index >= 15 is 0 Å². The number of methoxy groups -OCH3 is 1. The first-order chi connectivity index (χ1) is 10.1. The van der Waals surface area contributed by atoms with Gasteiger partial charge in [0.2, 0.25) is 5.95 Å². The summed E-state index contributed by atoms with van der Waals surface area (Å²) in [4.78, 5) is 15.9. The number of nitrogen functional groups attached to an aromatic ring is 1. The Morgan fingerprint density at radius 2 is 2.29 bits per heavy atom. The molecule has 0 spiro atoms. The Bertz CT molecular complexity index is 680. The van der Waals surface area contributed by atoms with E-state index in [0.717, 1.165) is 24.4 Å². The summed E-state index contributed by atoms with van der Waals surface area (Å²) in [7, 11) is 1.39. The van der Waals surface area contributed by atoms with Gasteiger partial charge in [-0.05, 0) is 24.1 Å². The van der Waals surface area contributed by atoms with E-state index in [1.165, 1.54) is 7.11 Å². The molecule has 1 aromatic carbocycles. The summed E-state index contributed by atoms with van der Waals surface area (Å²) in [6.07, 6.45) is 0.961. The van der Waals surface area contributed by atoms with Crippen molar-refractivity contribution >= 4 is 11.9 Å². The molecule has 1 aromatic heterocycles. The van der Waals surface area contributed by atoms with Gasteiger partial charge in [-0.1, -0.05) is 19.1 Å². The van der Waals surface area contributed by atoms with Crippen LogP contribution in [0, 0.1) is 0 Å². The lowest BCUT2D eigenvalue weighted by molar-refractivity contribution is 0.0600. The molecule has 0 saturated heterocycles. The Labute approximate surface area is 122 Å². The van der Waals surface area contributed by atoms with Crippen molar-refractivity contribution in [2.45, 2.75) is 31.7 Å². The van der Waals surface area contributed by atoms with Crippen molar-refractivity contribution < 1.29 is 9.53 Å². The normalized spacial score (nSPS) is 20.9. The Hall–Kier alpha value is -2.37. The van der Waals surface area contributed by atoms with E-state index in [1.807, 2.05) is 22.9 Å². The van der Waals surface area contributed by atoms with Gasteiger partial charge in [0.05, 0.1) is 12.7 Å². The number of ether oxygens (including phenoxy) is 1. The summed E-state index contributed by atoms with van der Waals surface area (Å²) in [6, 6.07) is 7.58. The molecule has 21 heavy (non-hydrogen) atoms. The molecular formula is C15H18N4O2. The van der Waals surface area contributed by atoms with Crippen LogP contribution in [-0.4, -0.2) is 27.8 Å². The summed E-state index contributed by atoms with van der Waals surface area (Å²) in [5, 5.41) is 4.24. The molecular weight excluding hydrogens is 268 g/mol. The number of hydrogen-bond acceptors (Lipinski definition) is 5. The summed E-state index contributed by atoms with van der Waals surface area (Å²) < 4.78 is 6.65. The molecule has 1 aliphatic rings. The first-order valence-corrected chi connectivity index (χ1v) is 6.97. The van der Waals surface area contributed by atoms with Gasteiger partial charge in [0.15, 0.2) is 0 Å². The molecule has 2 heterocycles. The quantitative estimate of drug-likeness (QED) is 0.853. The summed E-state index contributed by atoms with van der Waals surface area (Å²) in [5.41, 5.74) is 7.37. The molecule has 0 saturated carbocycles. The number of aromatic nitrogens is 3. The number of carbonyl (C=O) groups excluding carboxylic acids is 1.